The van der Waals surface area contributed by atoms with Crippen molar-refractivity contribution in [2.75, 3.05) is 0 Å². The average molecular weight is 399 g/mol. The van der Waals surface area contributed by atoms with Crippen LogP contribution < -0.4 is 0 Å². The predicted octanol–water partition coefficient (Wildman–Crippen LogP) is 8.65. The summed E-state index contributed by atoms with van der Waals surface area (Å²) in [6, 6.07) is 9.65. The third-order valence-corrected chi connectivity index (χ3v) is 7.10. The Morgan fingerprint density at radius 1 is 0.897 bits per heavy atom. The molecule has 2 aliphatic rings. The molecule has 164 valence electrons. The lowest BCUT2D eigenvalue weighted by Crippen LogP contribution is -2.09. The quantitative estimate of drug-likeness (QED) is 0.380. The van der Waals surface area contributed by atoms with E-state index in [-0.39, 0.29) is 0 Å². The molecule has 1 nitrogen and oxygen atoms in total. The van der Waals surface area contributed by atoms with E-state index in [2.05, 4.69) is 38.1 Å². The van der Waals surface area contributed by atoms with Gasteiger partial charge in [-0.3, -0.25) is 4.79 Å². The zero-order valence-corrected chi connectivity index (χ0v) is 19.6. The van der Waals surface area contributed by atoms with Crippen molar-refractivity contribution in [3.05, 3.63) is 35.4 Å². The lowest BCUT2D eigenvalue weighted by Gasteiger charge is -2.21. The fourth-order valence-electron chi connectivity index (χ4n) is 5.09. The summed E-state index contributed by atoms with van der Waals surface area (Å²) in [6.07, 6.45) is 19.2. The molecule has 2 unspecified atom stereocenters. The molecule has 0 N–H and O–H groups in total. The molecule has 2 fully saturated rings. The Hall–Kier alpha value is -1.11. The van der Waals surface area contributed by atoms with E-state index < -0.39 is 0 Å². The minimum Gasteiger partial charge on any atom is -0.300 e. The van der Waals surface area contributed by atoms with Crippen LogP contribution in [0.5, 0.6) is 0 Å². The molecule has 0 radical (unpaired) electrons. The first kappa shape index (κ1) is 24.2. The second kappa shape index (κ2) is 14.0. The summed E-state index contributed by atoms with van der Waals surface area (Å²) < 4.78 is 0. The van der Waals surface area contributed by atoms with E-state index >= 15 is 0 Å². The highest BCUT2D eigenvalue weighted by Crippen LogP contribution is 2.38. The first-order valence-corrected chi connectivity index (χ1v) is 12.7. The lowest BCUT2D eigenvalue weighted by atomic mass is 9.84. The van der Waals surface area contributed by atoms with Crippen LogP contribution in [-0.4, -0.2) is 5.78 Å². The molecular weight excluding hydrogens is 352 g/mol. The van der Waals surface area contributed by atoms with Crippen LogP contribution in [0.25, 0.3) is 0 Å². The maximum absolute atomic E-state index is 10.8. The summed E-state index contributed by atoms with van der Waals surface area (Å²) >= 11 is 0. The topological polar surface area (TPSA) is 17.1 Å². The van der Waals surface area contributed by atoms with Gasteiger partial charge in [-0.25, -0.2) is 0 Å². The van der Waals surface area contributed by atoms with Crippen molar-refractivity contribution in [2.24, 2.45) is 11.8 Å². The van der Waals surface area contributed by atoms with Crippen LogP contribution in [-0.2, 0) is 11.2 Å². The van der Waals surface area contributed by atoms with E-state index in [4.69, 9.17) is 0 Å². The normalized spacial score (nSPS) is 22.2. The van der Waals surface area contributed by atoms with Gasteiger partial charge >= 0.3 is 0 Å². The minimum absolute atomic E-state index is 0.413. The number of ketones is 1. The van der Waals surface area contributed by atoms with Crippen molar-refractivity contribution in [3.8, 4) is 0 Å². The van der Waals surface area contributed by atoms with Gasteiger partial charge in [0, 0.05) is 12.8 Å². The minimum atomic E-state index is 0.413. The molecule has 1 heteroatoms. The molecule has 0 spiro atoms. The van der Waals surface area contributed by atoms with Crippen LogP contribution in [0.4, 0.5) is 0 Å². The highest BCUT2D eigenvalue weighted by molar-refractivity contribution is 5.77. The van der Waals surface area contributed by atoms with Gasteiger partial charge in [-0.1, -0.05) is 103 Å². The number of carbonyl (C=O) groups is 1. The summed E-state index contributed by atoms with van der Waals surface area (Å²) in [5.74, 6) is 3.16. The molecule has 2 saturated carbocycles. The number of rotatable bonds is 9. The highest BCUT2D eigenvalue weighted by Gasteiger charge is 2.22. The van der Waals surface area contributed by atoms with Gasteiger partial charge in [0.2, 0.25) is 0 Å². The average Bonchev–Trinajstić information content (AvgIpc) is 3.19. The first-order chi connectivity index (χ1) is 14.1. The standard InChI is InChI=1S/C19H28.C9H18O/c1-15-7-10-19(13-15)18-11-8-17(9-12-18)14-16-5-3-2-4-6-16;1-3-5-6-7-8-9(10)4-2/h8-9,11-12,15-16,19H,2-7,10,13-14H2,1H3;3-8H2,1-2H3. The second-order valence-electron chi connectivity index (χ2n) is 9.77. The Bertz CT molecular complexity index is 552. The van der Waals surface area contributed by atoms with Gasteiger partial charge in [0.25, 0.3) is 0 Å². The van der Waals surface area contributed by atoms with E-state index in [0.717, 1.165) is 30.6 Å². The number of hydrogen-bond acceptors (Lipinski definition) is 1. The van der Waals surface area contributed by atoms with Crippen LogP contribution in [0.1, 0.15) is 128 Å². The lowest BCUT2D eigenvalue weighted by molar-refractivity contribution is -0.118. The van der Waals surface area contributed by atoms with Gasteiger partial charge < -0.3 is 0 Å². The van der Waals surface area contributed by atoms with Gasteiger partial charge in [0.05, 0.1) is 0 Å². The van der Waals surface area contributed by atoms with Crippen LogP contribution in [0.3, 0.4) is 0 Å². The maximum Gasteiger partial charge on any atom is 0.132 e. The number of unbranched alkanes of at least 4 members (excludes halogenated alkanes) is 3. The van der Waals surface area contributed by atoms with Gasteiger partial charge in [0.15, 0.2) is 0 Å². The number of benzene rings is 1. The Morgan fingerprint density at radius 2 is 1.62 bits per heavy atom. The zero-order chi connectivity index (χ0) is 20.9. The number of Topliss-reactive ketones (excluding diaryl/α,β-unsaturated/α-hetero) is 1. The van der Waals surface area contributed by atoms with E-state index in [1.54, 1.807) is 11.1 Å². The molecule has 2 atom stereocenters. The molecule has 29 heavy (non-hydrogen) atoms. The van der Waals surface area contributed by atoms with E-state index in [1.807, 2.05) is 6.92 Å². The Balaban J connectivity index is 0.000000257. The molecule has 2 aliphatic carbocycles. The number of hydrogen-bond donors (Lipinski definition) is 0. The predicted molar refractivity (Wildman–Crippen MR) is 127 cm³/mol. The smallest absolute Gasteiger partial charge is 0.132 e. The molecule has 0 aromatic heterocycles. The molecule has 1 aromatic carbocycles. The monoisotopic (exact) mass is 398 g/mol. The zero-order valence-electron chi connectivity index (χ0n) is 19.6. The SMILES string of the molecule is CC1CCC(c2ccc(CC3CCCCC3)cc2)C1.CCCCCCC(=O)CC. The molecule has 1 aromatic rings. The summed E-state index contributed by atoms with van der Waals surface area (Å²) in [7, 11) is 0. The molecule has 0 saturated heterocycles. The Kier molecular flexibility index (Phi) is 11.7. The Morgan fingerprint density at radius 3 is 2.21 bits per heavy atom. The Labute approximate surface area is 181 Å². The van der Waals surface area contributed by atoms with Crippen LogP contribution >= 0.6 is 0 Å². The van der Waals surface area contributed by atoms with Gasteiger partial charge in [0.1, 0.15) is 5.78 Å². The molecule has 0 heterocycles. The van der Waals surface area contributed by atoms with E-state index in [1.165, 1.54) is 77.0 Å². The highest BCUT2D eigenvalue weighted by atomic mass is 16.1. The van der Waals surface area contributed by atoms with E-state index in [0.29, 0.717) is 12.2 Å². The summed E-state index contributed by atoms with van der Waals surface area (Å²) in [6.45, 7) is 6.52. The fraction of sp³-hybridized carbons (Fsp3) is 0.750. The summed E-state index contributed by atoms with van der Waals surface area (Å²) in [4.78, 5) is 10.8. The molecule has 0 amide bonds. The van der Waals surface area contributed by atoms with E-state index in [9.17, 15) is 4.79 Å². The van der Waals surface area contributed by atoms with Crippen LogP contribution in [0.2, 0.25) is 0 Å². The summed E-state index contributed by atoms with van der Waals surface area (Å²) in [5, 5.41) is 0. The van der Waals surface area contributed by atoms with Crippen LogP contribution in [0.15, 0.2) is 24.3 Å². The molecule has 3 rings (SSSR count). The third kappa shape index (κ3) is 9.49. The van der Waals surface area contributed by atoms with Crippen molar-refractivity contribution in [1.29, 1.82) is 0 Å². The molecule has 0 bridgehead atoms. The van der Waals surface area contributed by atoms with Crippen molar-refractivity contribution >= 4 is 5.78 Å². The van der Waals surface area contributed by atoms with Crippen molar-refractivity contribution in [1.82, 2.24) is 0 Å². The van der Waals surface area contributed by atoms with Gasteiger partial charge in [-0.2, -0.15) is 0 Å². The largest absolute Gasteiger partial charge is 0.300 e. The summed E-state index contributed by atoms with van der Waals surface area (Å²) in [5.41, 5.74) is 3.17. The molecular formula is C28H46O. The van der Waals surface area contributed by atoms with Crippen LogP contribution in [0, 0.1) is 11.8 Å². The third-order valence-electron chi connectivity index (χ3n) is 7.10. The van der Waals surface area contributed by atoms with Gasteiger partial charge in [-0.05, 0) is 54.6 Å². The van der Waals surface area contributed by atoms with Crippen molar-refractivity contribution < 1.29 is 4.79 Å². The molecule has 0 aliphatic heterocycles. The second-order valence-corrected chi connectivity index (χ2v) is 9.77. The van der Waals surface area contributed by atoms with Crippen molar-refractivity contribution in [2.45, 2.75) is 123 Å². The van der Waals surface area contributed by atoms with Crippen molar-refractivity contribution in [3.63, 3.8) is 0 Å². The maximum atomic E-state index is 10.8. The fourth-order valence-corrected chi connectivity index (χ4v) is 5.09. The first-order valence-electron chi connectivity index (χ1n) is 12.7. The number of carbonyl (C=O) groups excluding carboxylic acids is 1. The van der Waals surface area contributed by atoms with Gasteiger partial charge in [-0.15, -0.1) is 0 Å².